The first-order valence-electron chi connectivity index (χ1n) is 5.50. The Kier molecular flexibility index (Phi) is 3.93. The first-order valence-corrected chi connectivity index (χ1v) is 5.50. The second-order valence-corrected chi connectivity index (χ2v) is 4.31. The van der Waals surface area contributed by atoms with Gasteiger partial charge in [-0.05, 0) is 32.9 Å². The van der Waals surface area contributed by atoms with Crippen molar-refractivity contribution >= 4 is 11.9 Å². The van der Waals surface area contributed by atoms with E-state index in [1.165, 1.54) is 0 Å². The molecule has 0 radical (unpaired) electrons. The number of amides is 1. The molecular formula is C12H18N2O3. The van der Waals surface area contributed by atoms with Gasteiger partial charge in [-0.3, -0.25) is 9.59 Å². The van der Waals surface area contributed by atoms with Crippen molar-refractivity contribution in [3.8, 4) is 0 Å². The summed E-state index contributed by atoms with van der Waals surface area (Å²) >= 11 is 0. The molecular weight excluding hydrogens is 220 g/mol. The van der Waals surface area contributed by atoms with Gasteiger partial charge < -0.3 is 15.0 Å². The number of aliphatic carboxylic acids is 1. The second kappa shape index (κ2) is 5.03. The third kappa shape index (κ3) is 2.87. The van der Waals surface area contributed by atoms with E-state index in [4.69, 9.17) is 5.11 Å². The molecule has 1 aromatic rings. The van der Waals surface area contributed by atoms with Crippen molar-refractivity contribution in [1.29, 1.82) is 0 Å². The third-order valence-electron chi connectivity index (χ3n) is 3.10. The maximum Gasteiger partial charge on any atom is 0.308 e. The quantitative estimate of drug-likeness (QED) is 0.827. The lowest BCUT2D eigenvalue weighted by atomic mass is 10.0. The Hall–Kier alpha value is -1.78. The maximum atomic E-state index is 11.9. The number of nitrogens with zero attached hydrogens (tertiary/aromatic N) is 1. The number of aryl methyl sites for hydroxylation is 1. The molecule has 1 amide bonds. The Morgan fingerprint density at radius 3 is 2.35 bits per heavy atom. The maximum absolute atomic E-state index is 11.9. The van der Waals surface area contributed by atoms with Crippen LogP contribution in [0.4, 0.5) is 0 Å². The van der Waals surface area contributed by atoms with Crippen molar-refractivity contribution in [2.45, 2.75) is 26.8 Å². The van der Waals surface area contributed by atoms with Crippen LogP contribution < -0.4 is 5.32 Å². The van der Waals surface area contributed by atoms with Gasteiger partial charge in [-0.2, -0.15) is 0 Å². The highest BCUT2D eigenvalue weighted by atomic mass is 16.4. The Morgan fingerprint density at radius 2 is 1.94 bits per heavy atom. The van der Waals surface area contributed by atoms with Crippen molar-refractivity contribution in [2.75, 3.05) is 0 Å². The lowest BCUT2D eigenvalue weighted by Gasteiger charge is -2.18. The molecule has 1 rings (SSSR count). The Labute approximate surface area is 100 Å². The van der Waals surface area contributed by atoms with Gasteiger partial charge in [-0.1, -0.05) is 0 Å². The molecule has 0 fully saturated rings. The van der Waals surface area contributed by atoms with Crippen LogP contribution in [0.25, 0.3) is 0 Å². The number of nitrogens with one attached hydrogen (secondary N) is 1. The van der Waals surface area contributed by atoms with Crippen molar-refractivity contribution in [3.05, 3.63) is 23.5 Å². The van der Waals surface area contributed by atoms with Crippen molar-refractivity contribution < 1.29 is 14.7 Å². The van der Waals surface area contributed by atoms with Crippen LogP contribution in [0.3, 0.4) is 0 Å². The van der Waals surface area contributed by atoms with Crippen LogP contribution in [0, 0.1) is 12.8 Å². The van der Waals surface area contributed by atoms with Gasteiger partial charge in [0.15, 0.2) is 0 Å². The van der Waals surface area contributed by atoms with E-state index in [0.717, 1.165) is 5.69 Å². The molecule has 94 valence electrons. The number of carbonyl (C=O) groups is 2. The van der Waals surface area contributed by atoms with Crippen LogP contribution in [0.1, 0.15) is 30.0 Å². The number of carboxylic acid groups (broad SMARTS) is 1. The standard InChI is InChI=1S/C12H18N2O3/c1-7-5-6-10(14(7)4)11(15)13-9(3)8(2)12(16)17/h5-6,8-9H,1-4H3,(H,13,15)(H,16,17). The van der Waals surface area contributed by atoms with E-state index >= 15 is 0 Å². The minimum atomic E-state index is -0.916. The largest absolute Gasteiger partial charge is 0.481 e. The molecule has 0 saturated carbocycles. The van der Waals surface area contributed by atoms with Crippen LogP contribution in [0.2, 0.25) is 0 Å². The monoisotopic (exact) mass is 238 g/mol. The zero-order chi connectivity index (χ0) is 13.2. The topological polar surface area (TPSA) is 71.3 Å². The summed E-state index contributed by atoms with van der Waals surface area (Å²) in [5.74, 6) is -1.78. The molecule has 0 aromatic carbocycles. The number of aromatic nitrogens is 1. The highest BCUT2D eigenvalue weighted by Gasteiger charge is 2.22. The predicted octanol–water partition coefficient (Wildman–Crippen LogP) is 1.17. The Balaban J connectivity index is 2.73. The molecule has 5 nitrogen and oxygen atoms in total. The Morgan fingerprint density at radius 1 is 1.35 bits per heavy atom. The second-order valence-electron chi connectivity index (χ2n) is 4.31. The highest BCUT2D eigenvalue weighted by Crippen LogP contribution is 2.08. The summed E-state index contributed by atoms with van der Waals surface area (Å²) in [6.45, 7) is 5.16. The van der Waals surface area contributed by atoms with Gasteiger partial charge in [-0.15, -0.1) is 0 Å². The zero-order valence-corrected chi connectivity index (χ0v) is 10.5. The number of hydrogen-bond donors (Lipinski definition) is 2. The average Bonchev–Trinajstić information content (AvgIpc) is 2.58. The normalized spacial score (nSPS) is 14.1. The van der Waals surface area contributed by atoms with E-state index in [1.807, 2.05) is 13.0 Å². The number of carboxylic acids is 1. The summed E-state index contributed by atoms with van der Waals surface area (Å²) in [5.41, 5.74) is 1.51. The summed E-state index contributed by atoms with van der Waals surface area (Å²) in [7, 11) is 1.80. The first kappa shape index (κ1) is 13.3. The van der Waals surface area contributed by atoms with Crippen LogP contribution in [0.15, 0.2) is 12.1 Å². The van der Waals surface area contributed by atoms with Crippen LogP contribution >= 0.6 is 0 Å². The fourth-order valence-corrected chi connectivity index (χ4v) is 1.46. The molecule has 5 heteroatoms. The summed E-state index contributed by atoms with van der Waals surface area (Å²) in [4.78, 5) is 22.7. The van der Waals surface area contributed by atoms with E-state index in [0.29, 0.717) is 5.69 Å². The van der Waals surface area contributed by atoms with Gasteiger partial charge in [0.1, 0.15) is 5.69 Å². The van der Waals surface area contributed by atoms with Gasteiger partial charge in [-0.25, -0.2) is 0 Å². The van der Waals surface area contributed by atoms with Gasteiger partial charge >= 0.3 is 5.97 Å². The fraction of sp³-hybridized carbons (Fsp3) is 0.500. The van der Waals surface area contributed by atoms with Crippen molar-refractivity contribution in [1.82, 2.24) is 9.88 Å². The number of hydrogen-bond acceptors (Lipinski definition) is 2. The minimum absolute atomic E-state index is 0.249. The molecule has 0 spiro atoms. The van der Waals surface area contributed by atoms with Crippen LogP contribution in [0.5, 0.6) is 0 Å². The molecule has 2 N–H and O–H groups in total. The molecule has 1 aromatic heterocycles. The zero-order valence-electron chi connectivity index (χ0n) is 10.5. The smallest absolute Gasteiger partial charge is 0.308 e. The fourth-order valence-electron chi connectivity index (χ4n) is 1.46. The van der Waals surface area contributed by atoms with Gasteiger partial charge in [0.2, 0.25) is 0 Å². The highest BCUT2D eigenvalue weighted by molar-refractivity contribution is 5.93. The molecule has 1 heterocycles. The minimum Gasteiger partial charge on any atom is -0.481 e. The van der Waals surface area contributed by atoms with Crippen LogP contribution in [-0.4, -0.2) is 27.6 Å². The van der Waals surface area contributed by atoms with Gasteiger partial charge in [0, 0.05) is 18.8 Å². The predicted molar refractivity (Wildman–Crippen MR) is 63.9 cm³/mol. The summed E-state index contributed by atoms with van der Waals surface area (Å²) in [5, 5.41) is 11.5. The summed E-state index contributed by atoms with van der Waals surface area (Å²) in [6, 6.07) is 3.17. The van der Waals surface area contributed by atoms with Gasteiger partial charge in [0.05, 0.1) is 5.92 Å². The molecule has 2 atom stereocenters. The lowest BCUT2D eigenvalue weighted by Crippen LogP contribution is -2.40. The van der Waals surface area contributed by atoms with Crippen molar-refractivity contribution in [2.24, 2.45) is 13.0 Å². The number of rotatable bonds is 4. The van der Waals surface area contributed by atoms with Crippen LogP contribution in [-0.2, 0) is 11.8 Å². The average molecular weight is 238 g/mol. The molecule has 2 unspecified atom stereocenters. The van der Waals surface area contributed by atoms with E-state index in [1.54, 1.807) is 31.5 Å². The molecule has 0 aliphatic rings. The van der Waals surface area contributed by atoms with E-state index in [2.05, 4.69) is 5.32 Å². The first-order chi connectivity index (χ1) is 7.84. The summed E-state index contributed by atoms with van der Waals surface area (Å²) < 4.78 is 1.77. The van der Waals surface area contributed by atoms with E-state index in [9.17, 15) is 9.59 Å². The molecule has 0 bridgehead atoms. The van der Waals surface area contributed by atoms with Gasteiger partial charge in [0.25, 0.3) is 5.91 Å². The molecule has 0 aliphatic heterocycles. The molecule has 0 saturated heterocycles. The Bertz CT molecular complexity index is 437. The van der Waals surface area contributed by atoms with E-state index < -0.39 is 17.9 Å². The molecule has 17 heavy (non-hydrogen) atoms. The third-order valence-corrected chi connectivity index (χ3v) is 3.10. The SMILES string of the molecule is Cc1ccc(C(=O)NC(C)C(C)C(=O)O)n1C. The summed E-state index contributed by atoms with van der Waals surface area (Å²) in [6.07, 6.45) is 0. The number of carbonyl (C=O) groups excluding carboxylic acids is 1. The van der Waals surface area contributed by atoms with E-state index in [-0.39, 0.29) is 5.91 Å². The lowest BCUT2D eigenvalue weighted by molar-refractivity contribution is -0.141. The molecule has 0 aliphatic carbocycles. The van der Waals surface area contributed by atoms with Crippen molar-refractivity contribution in [3.63, 3.8) is 0 Å².